The van der Waals surface area contributed by atoms with E-state index in [4.69, 9.17) is 14.7 Å². The molecule has 6 rings (SSSR count). The van der Waals surface area contributed by atoms with Gasteiger partial charge in [-0.25, -0.2) is 13.4 Å². The van der Waals surface area contributed by atoms with Crippen LogP contribution in [0.25, 0.3) is 0 Å². The molecule has 4 heterocycles. The van der Waals surface area contributed by atoms with E-state index in [0.29, 0.717) is 42.8 Å². The Morgan fingerprint density at radius 3 is 2.45 bits per heavy atom. The highest BCUT2D eigenvalue weighted by Crippen LogP contribution is 2.39. The molecule has 4 aromatic rings. The van der Waals surface area contributed by atoms with Crippen LogP contribution in [0.4, 0.5) is 23.1 Å². The molecule has 0 aliphatic carbocycles. The van der Waals surface area contributed by atoms with Crippen LogP contribution in [0, 0.1) is 6.92 Å². The summed E-state index contributed by atoms with van der Waals surface area (Å²) in [4.78, 5) is 29.3. The van der Waals surface area contributed by atoms with E-state index in [1.165, 1.54) is 5.56 Å². The maximum Gasteiger partial charge on any atom is 0.244 e. The number of anilines is 4. The van der Waals surface area contributed by atoms with Crippen molar-refractivity contribution >= 4 is 44.6 Å². The highest BCUT2D eigenvalue weighted by molar-refractivity contribution is 7.92. The number of hydrogen-bond acceptors (Lipinski definition) is 10. The van der Waals surface area contributed by atoms with Gasteiger partial charge < -0.3 is 20.3 Å². The zero-order valence-corrected chi connectivity index (χ0v) is 29.7. The van der Waals surface area contributed by atoms with Gasteiger partial charge in [0.15, 0.2) is 9.84 Å². The standard InChI is InChI=1S/C36H44N8O4S/c1-22(2)48-31-19-27(26-12-16-43(17-13-26)33(45)21-44-15-9-14-38-44)24(5)18-29(31)40-36-41-30-20-37-25(6)34(30)35(42-36)39-28-10-7-8-11-32(28)49(46,47)23(3)4/h7-11,14-15,18-19,22-23,26H,12-13,16-17,20-21H2,1-6H3,(H2,39,40,41,42). The fourth-order valence-electron chi connectivity index (χ4n) is 6.41. The van der Waals surface area contributed by atoms with Crippen molar-refractivity contribution < 1.29 is 17.9 Å². The molecule has 2 aromatic carbocycles. The van der Waals surface area contributed by atoms with E-state index in [-0.39, 0.29) is 29.4 Å². The first kappa shape index (κ1) is 34.1. The van der Waals surface area contributed by atoms with Crippen LogP contribution in [-0.4, -0.2) is 69.1 Å². The van der Waals surface area contributed by atoms with Crippen molar-refractivity contribution in [1.29, 1.82) is 0 Å². The van der Waals surface area contributed by atoms with Gasteiger partial charge in [-0.05, 0) is 102 Å². The SMILES string of the molecule is CC1=NCc2nc(Nc3cc(C)c(C4CCN(C(=O)Cn5cccn5)CC4)cc3OC(C)C)nc(Nc3ccccc3S(=O)(=O)C(C)C)c21. The lowest BCUT2D eigenvalue weighted by molar-refractivity contribution is -0.133. The minimum absolute atomic E-state index is 0.0773. The lowest BCUT2D eigenvalue weighted by atomic mass is 9.86. The second kappa shape index (κ2) is 14.0. The fraction of sp³-hybridized carbons (Fsp3) is 0.417. The van der Waals surface area contributed by atoms with Gasteiger partial charge in [0.25, 0.3) is 0 Å². The summed E-state index contributed by atoms with van der Waals surface area (Å²) >= 11 is 0. The Morgan fingerprint density at radius 2 is 1.76 bits per heavy atom. The third kappa shape index (κ3) is 7.31. The van der Waals surface area contributed by atoms with Crippen molar-refractivity contribution in [3.05, 3.63) is 77.2 Å². The molecule has 1 amide bonds. The summed E-state index contributed by atoms with van der Waals surface area (Å²) in [7, 11) is -3.56. The average molecular weight is 685 g/mol. The number of fused-ring (bicyclic) bond motifs is 1. The topological polar surface area (TPSA) is 144 Å². The number of nitrogens with zero attached hydrogens (tertiary/aromatic N) is 6. The number of aliphatic imine (C=N–C) groups is 1. The lowest BCUT2D eigenvalue weighted by Crippen LogP contribution is -2.39. The Hall–Kier alpha value is -4.78. The maximum atomic E-state index is 13.2. The largest absolute Gasteiger partial charge is 0.489 e. The summed E-state index contributed by atoms with van der Waals surface area (Å²) in [5.74, 6) is 1.88. The van der Waals surface area contributed by atoms with Crippen LogP contribution in [0.1, 0.15) is 75.8 Å². The van der Waals surface area contributed by atoms with Crippen molar-refractivity contribution in [3.8, 4) is 5.75 Å². The summed E-state index contributed by atoms with van der Waals surface area (Å²) in [5.41, 5.74) is 5.77. The van der Waals surface area contributed by atoms with Gasteiger partial charge in [-0.2, -0.15) is 10.1 Å². The van der Waals surface area contributed by atoms with Crippen molar-refractivity contribution in [2.75, 3.05) is 23.7 Å². The van der Waals surface area contributed by atoms with E-state index in [1.54, 1.807) is 55.2 Å². The number of para-hydroxylation sites is 1. The van der Waals surface area contributed by atoms with Crippen LogP contribution in [0.15, 0.2) is 64.7 Å². The van der Waals surface area contributed by atoms with Gasteiger partial charge in [0.1, 0.15) is 18.1 Å². The monoisotopic (exact) mass is 684 g/mol. The average Bonchev–Trinajstić information content (AvgIpc) is 3.72. The number of likely N-dealkylation sites (tertiary alicyclic amines) is 1. The van der Waals surface area contributed by atoms with Crippen molar-refractivity contribution in [1.82, 2.24) is 24.6 Å². The number of carbonyl (C=O) groups is 1. The molecule has 12 nitrogen and oxygen atoms in total. The van der Waals surface area contributed by atoms with E-state index >= 15 is 0 Å². The molecule has 49 heavy (non-hydrogen) atoms. The quantitative estimate of drug-likeness (QED) is 0.190. The predicted octanol–water partition coefficient (Wildman–Crippen LogP) is 6.17. The maximum absolute atomic E-state index is 13.2. The number of ether oxygens (including phenoxy) is 1. The number of aromatic nitrogens is 4. The Balaban J connectivity index is 1.27. The molecule has 0 saturated carbocycles. The summed E-state index contributed by atoms with van der Waals surface area (Å²) < 4.78 is 34.4. The van der Waals surface area contributed by atoms with Gasteiger partial charge in [0, 0.05) is 31.2 Å². The van der Waals surface area contributed by atoms with Gasteiger partial charge in [-0.15, -0.1) is 0 Å². The zero-order valence-electron chi connectivity index (χ0n) is 28.9. The Kier molecular flexibility index (Phi) is 9.73. The molecule has 0 unspecified atom stereocenters. The van der Waals surface area contributed by atoms with Gasteiger partial charge >= 0.3 is 0 Å². The number of benzene rings is 2. The Morgan fingerprint density at radius 1 is 1.00 bits per heavy atom. The number of rotatable bonds is 11. The number of sulfone groups is 1. The van der Waals surface area contributed by atoms with E-state index in [0.717, 1.165) is 41.1 Å². The summed E-state index contributed by atoms with van der Waals surface area (Å²) in [5, 5.41) is 10.3. The van der Waals surface area contributed by atoms with Crippen molar-refractivity contribution in [3.63, 3.8) is 0 Å². The van der Waals surface area contributed by atoms with E-state index in [2.05, 4.69) is 39.8 Å². The first-order valence-electron chi connectivity index (χ1n) is 16.8. The highest BCUT2D eigenvalue weighted by Gasteiger charge is 2.28. The summed E-state index contributed by atoms with van der Waals surface area (Å²) in [6, 6.07) is 12.9. The predicted molar refractivity (Wildman–Crippen MR) is 191 cm³/mol. The number of piperidine rings is 1. The normalized spacial score (nSPS) is 15.0. The molecule has 2 aliphatic rings. The van der Waals surface area contributed by atoms with Crippen LogP contribution in [0.3, 0.4) is 0 Å². The number of aryl methyl sites for hydroxylation is 1. The molecular weight excluding hydrogens is 641 g/mol. The molecule has 13 heteroatoms. The number of hydrogen-bond donors (Lipinski definition) is 2. The number of carbonyl (C=O) groups excluding carboxylic acids is 1. The second-order valence-electron chi connectivity index (χ2n) is 13.2. The molecule has 1 saturated heterocycles. The minimum Gasteiger partial charge on any atom is -0.489 e. The Labute approximate surface area is 287 Å². The van der Waals surface area contributed by atoms with Gasteiger partial charge in [0.2, 0.25) is 11.9 Å². The van der Waals surface area contributed by atoms with Gasteiger partial charge in [0.05, 0.1) is 45.4 Å². The highest BCUT2D eigenvalue weighted by atomic mass is 32.2. The molecule has 1 fully saturated rings. The molecule has 0 bridgehead atoms. The van der Waals surface area contributed by atoms with Crippen LogP contribution >= 0.6 is 0 Å². The Bertz CT molecular complexity index is 1980. The number of nitrogens with one attached hydrogen (secondary N) is 2. The molecule has 0 radical (unpaired) electrons. The third-order valence-electron chi connectivity index (χ3n) is 9.00. The zero-order chi connectivity index (χ0) is 34.9. The molecule has 2 aliphatic heterocycles. The van der Waals surface area contributed by atoms with Gasteiger partial charge in [-0.3, -0.25) is 14.5 Å². The van der Waals surface area contributed by atoms with Crippen LogP contribution in [0.2, 0.25) is 0 Å². The van der Waals surface area contributed by atoms with Crippen LogP contribution in [-0.2, 0) is 27.7 Å². The third-order valence-corrected chi connectivity index (χ3v) is 11.2. The fourth-order valence-corrected chi connectivity index (χ4v) is 7.61. The molecule has 2 N–H and O–H groups in total. The van der Waals surface area contributed by atoms with E-state index < -0.39 is 15.1 Å². The van der Waals surface area contributed by atoms with E-state index in [9.17, 15) is 13.2 Å². The van der Waals surface area contributed by atoms with Crippen molar-refractivity contribution in [2.45, 2.75) is 89.6 Å². The van der Waals surface area contributed by atoms with Crippen LogP contribution in [0.5, 0.6) is 5.75 Å². The number of amides is 1. The summed E-state index contributed by atoms with van der Waals surface area (Å²) in [6.45, 7) is 13.3. The van der Waals surface area contributed by atoms with Gasteiger partial charge in [-0.1, -0.05) is 12.1 Å². The molecule has 258 valence electrons. The molecule has 0 spiro atoms. The van der Waals surface area contributed by atoms with Crippen molar-refractivity contribution in [2.24, 2.45) is 4.99 Å². The minimum atomic E-state index is -3.56. The van der Waals surface area contributed by atoms with Crippen LogP contribution < -0.4 is 15.4 Å². The first-order valence-corrected chi connectivity index (χ1v) is 18.3. The first-order chi connectivity index (χ1) is 23.4. The molecule has 2 aromatic heterocycles. The summed E-state index contributed by atoms with van der Waals surface area (Å²) in [6.07, 6.45) is 5.12. The van der Waals surface area contributed by atoms with E-state index in [1.807, 2.05) is 31.7 Å². The molecule has 0 atom stereocenters. The lowest BCUT2D eigenvalue weighted by Gasteiger charge is -2.33. The molecular formula is C36H44N8O4S. The smallest absolute Gasteiger partial charge is 0.244 e. The second-order valence-corrected chi connectivity index (χ2v) is 15.7.